The summed E-state index contributed by atoms with van der Waals surface area (Å²) in [6.07, 6.45) is 0. The standard InChI is InChI=1S/C21H22N4O/c1-14-9-10-18(11-15(14)2)25-20-12-19(23-16(3)24-20)21(26)22-13-17-7-5-4-6-8-17/h4-12H,13H2,1-3H3,(H,22,26)(H,23,24,25). The van der Waals surface area contributed by atoms with Crippen molar-refractivity contribution in [1.29, 1.82) is 0 Å². The summed E-state index contributed by atoms with van der Waals surface area (Å²) in [6, 6.07) is 17.6. The fraction of sp³-hybridized carbons (Fsp3) is 0.190. The van der Waals surface area contributed by atoms with Gasteiger partial charge in [-0.25, -0.2) is 9.97 Å². The van der Waals surface area contributed by atoms with Crippen molar-refractivity contribution in [3.8, 4) is 0 Å². The van der Waals surface area contributed by atoms with Gasteiger partial charge in [0.25, 0.3) is 5.91 Å². The lowest BCUT2D eigenvalue weighted by molar-refractivity contribution is 0.0945. The van der Waals surface area contributed by atoms with Crippen LogP contribution in [0, 0.1) is 20.8 Å². The number of anilines is 2. The minimum absolute atomic E-state index is 0.220. The first-order chi connectivity index (χ1) is 12.5. The molecule has 132 valence electrons. The molecule has 0 bridgehead atoms. The molecule has 0 atom stereocenters. The van der Waals surface area contributed by atoms with Crippen molar-refractivity contribution in [2.75, 3.05) is 5.32 Å². The smallest absolute Gasteiger partial charge is 0.270 e. The van der Waals surface area contributed by atoms with E-state index < -0.39 is 0 Å². The van der Waals surface area contributed by atoms with Gasteiger partial charge >= 0.3 is 0 Å². The molecule has 1 heterocycles. The van der Waals surface area contributed by atoms with E-state index in [2.05, 4.69) is 46.6 Å². The lowest BCUT2D eigenvalue weighted by atomic mass is 10.1. The van der Waals surface area contributed by atoms with E-state index in [1.54, 1.807) is 13.0 Å². The molecule has 1 amide bonds. The van der Waals surface area contributed by atoms with Crippen molar-refractivity contribution in [2.45, 2.75) is 27.3 Å². The molecule has 2 aromatic carbocycles. The highest BCUT2D eigenvalue weighted by Gasteiger charge is 2.11. The Kier molecular flexibility index (Phi) is 5.27. The summed E-state index contributed by atoms with van der Waals surface area (Å²) in [5, 5.41) is 6.14. The molecule has 5 heteroatoms. The van der Waals surface area contributed by atoms with Crippen molar-refractivity contribution in [3.63, 3.8) is 0 Å². The number of nitrogens with one attached hydrogen (secondary N) is 2. The van der Waals surface area contributed by atoms with E-state index in [9.17, 15) is 4.79 Å². The molecular formula is C21H22N4O. The monoisotopic (exact) mass is 346 g/mol. The van der Waals surface area contributed by atoms with E-state index in [1.165, 1.54) is 11.1 Å². The fourth-order valence-corrected chi connectivity index (χ4v) is 2.58. The van der Waals surface area contributed by atoms with Crippen LogP contribution in [0.4, 0.5) is 11.5 Å². The molecule has 1 aromatic heterocycles. The highest BCUT2D eigenvalue weighted by molar-refractivity contribution is 5.93. The molecule has 0 aliphatic carbocycles. The van der Waals surface area contributed by atoms with Crippen molar-refractivity contribution < 1.29 is 4.79 Å². The Bertz CT molecular complexity index is 923. The Morgan fingerprint density at radius 3 is 2.42 bits per heavy atom. The fourth-order valence-electron chi connectivity index (χ4n) is 2.58. The molecular weight excluding hydrogens is 324 g/mol. The SMILES string of the molecule is Cc1nc(Nc2ccc(C)c(C)c2)cc(C(=O)NCc2ccccc2)n1. The van der Waals surface area contributed by atoms with Gasteiger partial charge in [-0.3, -0.25) is 4.79 Å². The minimum Gasteiger partial charge on any atom is -0.347 e. The van der Waals surface area contributed by atoms with Crippen LogP contribution >= 0.6 is 0 Å². The quantitative estimate of drug-likeness (QED) is 0.731. The number of benzene rings is 2. The molecule has 3 aromatic rings. The summed E-state index contributed by atoms with van der Waals surface area (Å²) in [5.41, 5.74) is 4.75. The van der Waals surface area contributed by atoms with Crippen molar-refractivity contribution in [3.05, 3.63) is 82.8 Å². The summed E-state index contributed by atoms with van der Waals surface area (Å²) >= 11 is 0. The van der Waals surface area contributed by atoms with Crippen LogP contribution in [-0.4, -0.2) is 15.9 Å². The van der Waals surface area contributed by atoms with Crippen LogP contribution in [0.2, 0.25) is 0 Å². The number of hydrogen-bond donors (Lipinski definition) is 2. The number of rotatable bonds is 5. The number of aryl methyl sites for hydroxylation is 3. The molecule has 0 aliphatic heterocycles. The molecule has 2 N–H and O–H groups in total. The molecule has 0 saturated heterocycles. The van der Waals surface area contributed by atoms with Crippen molar-refractivity contribution >= 4 is 17.4 Å². The predicted octanol–water partition coefficient (Wildman–Crippen LogP) is 4.08. The third-order valence-corrected chi connectivity index (χ3v) is 4.15. The number of carbonyl (C=O) groups is 1. The molecule has 3 rings (SSSR count). The average Bonchev–Trinajstić information content (AvgIpc) is 2.63. The second kappa shape index (κ2) is 7.78. The first-order valence-electron chi connectivity index (χ1n) is 8.53. The first-order valence-corrected chi connectivity index (χ1v) is 8.53. The van der Waals surface area contributed by atoms with Crippen LogP contribution in [-0.2, 0) is 6.54 Å². The molecule has 0 fully saturated rings. The van der Waals surface area contributed by atoms with Gasteiger partial charge in [-0.15, -0.1) is 0 Å². The Morgan fingerprint density at radius 2 is 1.69 bits per heavy atom. The summed E-state index contributed by atoms with van der Waals surface area (Å²) in [7, 11) is 0. The lowest BCUT2D eigenvalue weighted by Gasteiger charge is -2.10. The van der Waals surface area contributed by atoms with Gasteiger partial charge in [0, 0.05) is 18.3 Å². The third-order valence-electron chi connectivity index (χ3n) is 4.15. The van der Waals surface area contributed by atoms with Gasteiger partial charge in [-0.05, 0) is 49.6 Å². The van der Waals surface area contributed by atoms with Crippen molar-refractivity contribution in [2.24, 2.45) is 0 Å². The molecule has 0 spiro atoms. The van der Waals surface area contributed by atoms with E-state index in [0.717, 1.165) is 11.3 Å². The Labute approximate surface area is 153 Å². The lowest BCUT2D eigenvalue weighted by Crippen LogP contribution is -2.24. The zero-order valence-corrected chi connectivity index (χ0v) is 15.2. The van der Waals surface area contributed by atoms with Crippen LogP contribution in [0.15, 0.2) is 54.6 Å². The van der Waals surface area contributed by atoms with Crippen LogP contribution in [0.5, 0.6) is 0 Å². The topological polar surface area (TPSA) is 66.9 Å². The number of hydrogen-bond acceptors (Lipinski definition) is 4. The Balaban J connectivity index is 1.74. The van der Waals surface area contributed by atoms with Gasteiger partial charge < -0.3 is 10.6 Å². The van der Waals surface area contributed by atoms with E-state index in [0.29, 0.717) is 23.9 Å². The van der Waals surface area contributed by atoms with E-state index in [1.807, 2.05) is 36.4 Å². The summed E-state index contributed by atoms with van der Waals surface area (Å²) in [4.78, 5) is 21.1. The number of amides is 1. The molecule has 0 unspecified atom stereocenters. The second-order valence-electron chi connectivity index (χ2n) is 6.28. The zero-order valence-electron chi connectivity index (χ0n) is 15.2. The van der Waals surface area contributed by atoms with Crippen LogP contribution in [0.25, 0.3) is 0 Å². The summed E-state index contributed by atoms with van der Waals surface area (Å²) in [5.74, 6) is 0.928. The minimum atomic E-state index is -0.220. The Morgan fingerprint density at radius 1 is 0.923 bits per heavy atom. The van der Waals surface area contributed by atoms with Crippen molar-refractivity contribution in [1.82, 2.24) is 15.3 Å². The highest BCUT2D eigenvalue weighted by Crippen LogP contribution is 2.19. The van der Waals surface area contributed by atoms with Gasteiger partial charge in [0.2, 0.25) is 0 Å². The third kappa shape index (κ3) is 4.45. The second-order valence-corrected chi connectivity index (χ2v) is 6.28. The van der Waals surface area contributed by atoms with E-state index >= 15 is 0 Å². The van der Waals surface area contributed by atoms with Gasteiger partial charge in [-0.2, -0.15) is 0 Å². The zero-order chi connectivity index (χ0) is 18.5. The van der Waals surface area contributed by atoms with Gasteiger partial charge in [-0.1, -0.05) is 36.4 Å². The molecule has 0 radical (unpaired) electrons. The maximum Gasteiger partial charge on any atom is 0.270 e. The predicted molar refractivity (Wildman–Crippen MR) is 104 cm³/mol. The van der Waals surface area contributed by atoms with Crippen LogP contribution in [0.3, 0.4) is 0 Å². The normalized spacial score (nSPS) is 10.4. The van der Waals surface area contributed by atoms with Crippen LogP contribution < -0.4 is 10.6 Å². The summed E-state index contributed by atoms with van der Waals surface area (Å²) in [6.45, 7) is 6.37. The molecule has 5 nitrogen and oxygen atoms in total. The number of nitrogens with zero attached hydrogens (tertiary/aromatic N) is 2. The van der Waals surface area contributed by atoms with Gasteiger partial charge in [0.1, 0.15) is 17.3 Å². The molecule has 0 aliphatic rings. The first kappa shape index (κ1) is 17.6. The highest BCUT2D eigenvalue weighted by atomic mass is 16.1. The maximum atomic E-state index is 12.4. The number of aromatic nitrogens is 2. The molecule has 0 saturated carbocycles. The van der Waals surface area contributed by atoms with E-state index in [4.69, 9.17) is 0 Å². The maximum absolute atomic E-state index is 12.4. The van der Waals surface area contributed by atoms with Crippen LogP contribution in [0.1, 0.15) is 33.0 Å². The summed E-state index contributed by atoms with van der Waals surface area (Å²) < 4.78 is 0. The van der Waals surface area contributed by atoms with E-state index in [-0.39, 0.29) is 5.91 Å². The molecule has 26 heavy (non-hydrogen) atoms. The Hall–Kier alpha value is -3.21. The largest absolute Gasteiger partial charge is 0.347 e. The van der Waals surface area contributed by atoms with Gasteiger partial charge in [0.05, 0.1) is 0 Å². The number of carbonyl (C=O) groups excluding carboxylic acids is 1. The van der Waals surface area contributed by atoms with Gasteiger partial charge in [0.15, 0.2) is 0 Å². The average molecular weight is 346 g/mol.